The fourth-order valence-corrected chi connectivity index (χ4v) is 3.96. The molecule has 6 nitrogen and oxygen atoms in total. The molecule has 0 aliphatic carbocycles. The number of likely N-dealkylation sites (tertiary alicyclic amines) is 1. The Hall–Kier alpha value is -2.70. The van der Waals surface area contributed by atoms with Crippen molar-refractivity contribution >= 4 is 0 Å². The lowest BCUT2D eigenvalue weighted by Gasteiger charge is -2.33. The van der Waals surface area contributed by atoms with Crippen molar-refractivity contribution in [3.8, 4) is 5.75 Å². The van der Waals surface area contributed by atoms with E-state index in [0.717, 1.165) is 44.5 Å². The molecule has 2 aromatic carbocycles. The van der Waals surface area contributed by atoms with E-state index in [2.05, 4.69) is 39.3 Å². The van der Waals surface area contributed by atoms with Gasteiger partial charge < -0.3 is 14.4 Å². The van der Waals surface area contributed by atoms with Crippen LogP contribution in [-0.4, -0.2) is 39.3 Å². The van der Waals surface area contributed by atoms with Crippen LogP contribution >= 0.6 is 0 Å². The molecule has 4 rings (SSSR count). The van der Waals surface area contributed by atoms with Gasteiger partial charge in [0.15, 0.2) is 6.61 Å². The van der Waals surface area contributed by atoms with Gasteiger partial charge in [-0.25, -0.2) is 0 Å². The van der Waals surface area contributed by atoms with Crippen molar-refractivity contribution in [2.24, 2.45) is 5.92 Å². The highest BCUT2D eigenvalue weighted by molar-refractivity contribution is 5.21. The Morgan fingerprint density at radius 2 is 1.73 bits per heavy atom. The van der Waals surface area contributed by atoms with Crippen LogP contribution in [0.4, 0.5) is 0 Å². The second kappa shape index (κ2) is 10.4. The zero-order valence-electron chi connectivity index (χ0n) is 17.2. The van der Waals surface area contributed by atoms with E-state index in [1.165, 1.54) is 5.56 Å². The van der Waals surface area contributed by atoms with Gasteiger partial charge in [0.2, 0.25) is 11.7 Å². The molecule has 2 heterocycles. The molecule has 0 unspecified atom stereocenters. The zero-order chi connectivity index (χ0) is 20.6. The third kappa shape index (κ3) is 5.90. The number of aromatic nitrogens is 2. The van der Waals surface area contributed by atoms with Crippen molar-refractivity contribution in [2.45, 2.75) is 44.9 Å². The van der Waals surface area contributed by atoms with Crippen LogP contribution in [0.15, 0.2) is 65.2 Å². The molecule has 1 aromatic heterocycles. The molecular formula is C24H29N3O3. The summed E-state index contributed by atoms with van der Waals surface area (Å²) in [6, 6.07) is 20.0. The lowest BCUT2D eigenvalue weighted by Crippen LogP contribution is -2.37. The number of hydrogen-bond donors (Lipinski definition) is 1. The molecule has 1 aliphatic rings. The first-order valence-corrected chi connectivity index (χ1v) is 10.7. The first kappa shape index (κ1) is 20.6. The number of piperidine rings is 1. The summed E-state index contributed by atoms with van der Waals surface area (Å²) in [5.74, 6) is 2.32. The van der Waals surface area contributed by atoms with Crippen molar-refractivity contribution in [1.29, 1.82) is 0 Å². The Labute approximate surface area is 177 Å². The van der Waals surface area contributed by atoms with Crippen LogP contribution in [0.3, 0.4) is 0 Å². The van der Waals surface area contributed by atoms with Gasteiger partial charge in [-0.2, -0.15) is 4.98 Å². The van der Waals surface area contributed by atoms with Gasteiger partial charge in [0, 0.05) is 0 Å². The maximum absolute atomic E-state index is 10.6. The summed E-state index contributed by atoms with van der Waals surface area (Å²) < 4.78 is 11.0. The van der Waals surface area contributed by atoms with E-state index in [1.54, 1.807) is 0 Å². The second-order valence-corrected chi connectivity index (χ2v) is 7.91. The summed E-state index contributed by atoms with van der Waals surface area (Å²) >= 11 is 0. The maximum atomic E-state index is 10.6. The molecule has 1 atom stereocenters. The van der Waals surface area contributed by atoms with E-state index >= 15 is 0 Å². The number of rotatable bonds is 9. The van der Waals surface area contributed by atoms with E-state index in [9.17, 15) is 5.11 Å². The SMILES string of the molecule is O[C@H](CCc1ccccc1)C1CCN(Cc2nc(COc3ccccc3)no2)CC1. The van der Waals surface area contributed by atoms with Crippen molar-refractivity contribution in [1.82, 2.24) is 15.0 Å². The number of aryl methyl sites for hydroxylation is 1. The molecular weight excluding hydrogens is 378 g/mol. The van der Waals surface area contributed by atoms with Crippen molar-refractivity contribution in [3.05, 3.63) is 77.9 Å². The van der Waals surface area contributed by atoms with Crippen LogP contribution in [0.2, 0.25) is 0 Å². The number of para-hydroxylation sites is 1. The van der Waals surface area contributed by atoms with Gasteiger partial charge in [0.1, 0.15) is 5.75 Å². The average molecular weight is 408 g/mol. The predicted octanol–water partition coefficient (Wildman–Crippen LogP) is 3.85. The fraction of sp³-hybridized carbons (Fsp3) is 0.417. The van der Waals surface area contributed by atoms with Crippen molar-refractivity contribution in [3.63, 3.8) is 0 Å². The van der Waals surface area contributed by atoms with Crippen LogP contribution < -0.4 is 4.74 Å². The first-order chi connectivity index (χ1) is 14.8. The Morgan fingerprint density at radius 1 is 1.03 bits per heavy atom. The number of benzene rings is 2. The summed E-state index contributed by atoms with van der Waals surface area (Å²) in [6.07, 6.45) is 3.50. The van der Waals surface area contributed by atoms with Crippen LogP contribution in [0, 0.1) is 5.92 Å². The van der Waals surface area contributed by atoms with Gasteiger partial charge >= 0.3 is 0 Å². The highest BCUT2D eigenvalue weighted by Crippen LogP contribution is 2.24. The van der Waals surface area contributed by atoms with Crippen LogP contribution in [0.1, 0.15) is 36.5 Å². The van der Waals surface area contributed by atoms with Gasteiger partial charge in [0.25, 0.3) is 0 Å². The second-order valence-electron chi connectivity index (χ2n) is 7.91. The maximum Gasteiger partial charge on any atom is 0.240 e. The number of hydrogen-bond acceptors (Lipinski definition) is 6. The van der Waals surface area contributed by atoms with E-state index in [0.29, 0.717) is 30.8 Å². The summed E-state index contributed by atoms with van der Waals surface area (Å²) in [5.41, 5.74) is 1.29. The minimum Gasteiger partial charge on any atom is -0.485 e. The summed E-state index contributed by atoms with van der Waals surface area (Å²) in [7, 11) is 0. The zero-order valence-corrected chi connectivity index (χ0v) is 17.2. The van der Waals surface area contributed by atoms with E-state index in [4.69, 9.17) is 9.26 Å². The molecule has 30 heavy (non-hydrogen) atoms. The van der Waals surface area contributed by atoms with Gasteiger partial charge in [-0.1, -0.05) is 53.7 Å². The Bertz CT molecular complexity index is 877. The molecule has 158 valence electrons. The molecule has 1 aliphatic heterocycles. The Kier molecular flexibility index (Phi) is 7.11. The van der Waals surface area contributed by atoms with Crippen molar-refractivity contribution < 1.29 is 14.4 Å². The number of ether oxygens (including phenoxy) is 1. The molecule has 6 heteroatoms. The molecule has 1 fully saturated rings. The van der Waals surface area contributed by atoms with E-state index < -0.39 is 0 Å². The van der Waals surface area contributed by atoms with E-state index in [-0.39, 0.29) is 6.10 Å². The number of nitrogens with zero attached hydrogens (tertiary/aromatic N) is 3. The molecule has 1 N–H and O–H groups in total. The molecule has 1 saturated heterocycles. The minimum absolute atomic E-state index is 0.238. The molecule has 0 amide bonds. The summed E-state index contributed by atoms with van der Waals surface area (Å²) in [6.45, 7) is 2.81. The molecule has 0 bridgehead atoms. The van der Waals surface area contributed by atoms with Crippen LogP contribution in [0.25, 0.3) is 0 Å². The average Bonchev–Trinajstić information content (AvgIpc) is 3.25. The smallest absolute Gasteiger partial charge is 0.240 e. The molecule has 0 saturated carbocycles. The van der Waals surface area contributed by atoms with E-state index in [1.807, 2.05) is 36.4 Å². The lowest BCUT2D eigenvalue weighted by molar-refractivity contribution is 0.0492. The number of aliphatic hydroxyl groups is 1. The molecule has 0 radical (unpaired) electrons. The highest BCUT2D eigenvalue weighted by atomic mass is 16.5. The first-order valence-electron chi connectivity index (χ1n) is 10.7. The Balaban J connectivity index is 1.18. The number of aliphatic hydroxyl groups excluding tert-OH is 1. The van der Waals surface area contributed by atoms with Gasteiger partial charge in [-0.3, -0.25) is 4.90 Å². The predicted molar refractivity (Wildman–Crippen MR) is 114 cm³/mol. The molecule has 3 aromatic rings. The van der Waals surface area contributed by atoms with Crippen LogP contribution in [0.5, 0.6) is 5.75 Å². The minimum atomic E-state index is -0.238. The highest BCUT2D eigenvalue weighted by Gasteiger charge is 2.26. The van der Waals surface area contributed by atoms with Gasteiger partial charge in [-0.15, -0.1) is 0 Å². The summed E-state index contributed by atoms with van der Waals surface area (Å²) in [5, 5.41) is 14.6. The fourth-order valence-electron chi connectivity index (χ4n) is 3.96. The summed E-state index contributed by atoms with van der Waals surface area (Å²) in [4.78, 5) is 6.76. The monoisotopic (exact) mass is 407 g/mol. The van der Waals surface area contributed by atoms with Gasteiger partial charge in [-0.05, 0) is 62.4 Å². The normalized spacial score (nSPS) is 16.4. The Morgan fingerprint density at radius 3 is 2.47 bits per heavy atom. The largest absolute Gasteiger partial charge is 0.485 e. The van der Waals surface area contributed by atoms with Gasteiger partial charge in [0.05, 0.1) is 12.6 Å². The quantitative estimate of drug-likeness (QED) is 0.581. The lowest BCUT2D eigenvalue weighted by atomic mass is 9.88. The molecule has 0 spiro atoms. The third-order valence-electron chi connectivity index (χ3n) is 5.73. The standard InChI is InChI=1S/C24H29N3O3/c28-22(12-11-19-7-3-1-4-8-19)20-13-15-27(16-14-20)17-24-25-23(26-30-24)18-29-21-9-5-2-6-10-21/h1-10,20,22,28H,11-18H2/t22-/m1/s1. The third-order valence-corrected chi connectivity index (χ3v) is 5.73. The van der Waals surface area contributed by atoms with Crippen LogP contribution in [-0.2, 0) is 19.6 Å². The van der Waals surface area contributed by atoms with Crippen molar-refractivity contribution in [2.75, 3.05) is 13.1 Å². The topological polar surface area (TPSA) is 71.6 Å².